The number of thioether (sulfide) groups is 1. The van der Waals surface area contributed by atoms with Gasteiger partial charge in [-0.25, -0.2) is 0 Å². The Morgan fingerprint density at radius 2 is 1.66 bits per heavy atom. The monoisotopic (exact) mass is 490 g/mol. The van der Waals surface area contributed by atoms with Crippen molar-refractivity contribution < 1.29 is 19.1 Å². The number of nitrogens with one attached hydrogen (secondary N) is 2. The Kier molecular flexibility index (Phi) is 8.27. The first kappa shape index (κ1) is 23.8. The minimum atomic E-state index is -0.290. The van der Waals surface area contributed by atoms with Crippen LogP contribution in [0.4, 0.5) is 11.4 Å². The molecule has 166 valence electrons. The van der Waals surface area contributed by atoms with Crippen molar-refractivity contribution in [3.8, 4) is 11.5 Å². The number of anilines is 2. The van der Waals surface area contributed by atoms with Crippen LogP contribution in [-0.2, 0) is 4.79 Å². The fourth-order valence-electron chi connectivity index (χ4n) is 2.78. The summed E-state index contributed by atoms with van der Waals surface area (Å²) in [6.45, 7) is 0. The van der Waals surface area contributed by atoms with E-state index in [9.17, 15) is 9.59 Å². The molecule has 32 heavy (non-hydrogen) atoms. The molecule has 0 bridgehead atoms. The first-order valence-electron chi connectivity index (χ1n) is 9.41. The molecule has 0 aliphatic rings. The normalized spacial score (nSPS) is 10.4. The van der Waals surface area contributed by atoms with E-state index in [1.54, 1.807) is 54.6 Å². The van der Waals surface area contributed by atoms with Crippen molar-refractivity contribution in [2.75, 3.05) is 30.6 Å². The number of benzene rings is 3. The van der Waals surface area contributed by atoms with Crippen LogP contribution < -0.4 is 20.1 Å². The van der Waals surface area contributed by atoms with Crippen molar-refractivity contribution in [3.05, 3.63) is 76.3 Å². The maximum absolute atomic E-state index is 12.6. The van der Waals surface area contributed by atoms with Crippen LogP contribution in [0.3, 0.4) is 0 Å². The topological polar surface area (TPSA) is 76.7 Å². The molecule has 0 heterocycles. The summed E-state index contributed by atoms with van der Waals surface area (Å²) in [5.41, 5.74) is 1.49. The SMILES string of the molecule is COc1ccc(C(=O)Nc2cccc(SCC(=O)Nc3cccc(Cl)c3Cl)c2)cc1OC. The quantitative estimate of drug-likeness (QED) is 0.379. The van der Waals surface area contributed by atoms with Gasteiger partial charge in [0.25, 0.3) is 5.91 Å². The van der Waals surface area contributed by atoms with Crippen LogP contribution in [0.1, 0.15) is 10.4 Å². The van der Waals surface area contributed by atoms with Crippen LogP contribution in [0.15, 0.2) is 65.6 Å². The first-order valence-corrected chi connectivity index (χ1v) is 11.2. The molecule has 2 N–H and O–H groups in total. The van der Waals surface area contributed by atoms with Crippen LogP contribution in [0, 0.1) is 0 Å². The predicted octanol–water partition coefficient (Wildman–Crippen LogP) is 5.99. The van der Waals surface area contributed by atoms with Gasteiger partial charge in [-0.3, -0.25) is 9.59 Å². The highest BCUT2D eigenvalue weighted by molar-refractivity contribution is 8.00. The second-order valence-electron chi connectivity index (χ2n) is 6.49. The summed E-state index contributed by atoms with van der Waals surface area (Å²) in [7, 11) is 3.04. The number of methoxy groups -OCH3 is 2. The molecule has 0 saturated carbocycles. The summed E-state index contributed by atoms with van der Waals surface area (Å²) in [5.74, 6) is 0.658. The molecule has 0 atom stereocenters. The lowest BCUT2D eigenvalue weighted by Gasteiger charge is -2.11. The molecule has 0 saturated heterocycles. The highest BCUT2D eigenvalue weighted by Crippen LogP contribution is 2.30. The number of rotatable bonds is 8. The molecule has 0 aromatic heterocycles. The van der Waals surface area contributed by atoms with Gasteiger partial charge in [-0.15, -0.1) is 11.8 Å². The molecule has 0 spiro atoms. The molecule has 9 heteroatoms. The number of carbonyl (C=O) groups excluding carboxylic acids is 2. The number of ether oxygens (including phenoxy) is 2. The van der Waals surface area contributed by atoms with Crippen molar-refractivity contribution in [2.45, 2.75) is 4.90 Å². The number of amides is 2. The summed E-state index contributed by atoms with van der Waals surface area (Å²) < 4.78 is 10.4. The van der Waals surface area contributed by atoms with E-state index in [0.717, 1.165) is 4.90 Å². The first-order chi connectivity index (χ1) is 15.4. The van der Waals surface area contributed by atoms with E-state index in [0.29, 0.717) is 38.5 Å². The van der Waals surface area contributed by atoms with Gasteiger partial charge in [-0.2, -0.15) is 0 Å². The maximum atomic E-state index is 12.6. The average molecular weight is 491 g/mol. The summed E-state index contributed by atoms with van der Waals surface area (Å²) >= 11 is 13.4. The zero-order chi connectivity index (χ0) is 23.1. The van der Waals surface area contributed by atoms with E-state index in [2.05, 4.69) is 10.6 Å². The minimum absolute atomic E-state index is 0.163. The Hall–Kier alpha value is -2.87. The molecular formula is C23H20Cl2N2O4S. The van der Waals surface area contributed by atoms with E-state index < -0.39 is 0 Å². The third-order valence-corrected chi connectivity index (χ3v) is 6.15. The van der Waals surface area contributed by atoms with E-state index in [1.807, 2.05) is 6.07 Å². The van der Waals surface area contributed by atoms with E-state index >= 15 is 0 Å². The summed E-state index contributed by atoms with van der Waals surface area (Å²) in [4.78, 5) is 25.7. The van der Waals surface area contributed by atoms with E-state index in [1.165, 1.54) is 26.0 Å². The fourth-order valence-corrected chi connectivity index (χ4v) is 3.88. The highest BCUT2D eigenvalue weighted by atomic mass is 35.5. The molecule has 0 unspecified atom stereocenters. The molecule has 0 aliphatic carbocycles. The third kappa shape index (κ3) is 6.09. The highest BCUT2D eigenvalue weighted by Gasteiger charge is 2.12. The fraction of sp³-hybridized carbons (Fsp3) is 0.130. The van der Waals surface area contributed by atoms with Crippen LogP contribution in [0.25, 0.3) is 0 Å². The smallest absolute Gasteiger partial charge is 0.255 e. The number of hydrogen-bond acceptors (Lipinski definition) is 5. The van der Waals surface area contributed by atoms with E-state index in [4.69, 9.17) is 32.7 Å². The lowest BCUT2D eigenvalue weighted by molar-refractivity contribution is -0.113. The van der Waals surface area contributed by atoms with Gasteiger partial charge in [-0.05, 0) is 48.5 Å². The maximum Gasteiger partial charge on any atom is 0.255 e. The molecule has 6 nitrogen and oxygen atoms in total. The zero-order valence-electron chi connectivity index (χ0n) is 17.3. The minimum Gasteiger partial charge on any atom is -0.493 e. The summed E-state index contributed by atoms with van der Waals surface area (Å²) in [5, 5.41) is 6.26. The molecule has 0 radical (unpaired) electrons. The number of hydrogen-bond donors (Lipinski definition) is 2. The lowest BCUT2D eigenvalue weighted by atomic mass is 10.2. The molecule has 0 fully saturated rings. The van der Waals surface area contributed by atoms with Gasteiger partial charge in [0.2, 0.25) is 5.91 Å². The number of halogens is 2. The van der Waals surface area contributed by atoms with Gasteiger partial charge < -0.3 is 20.1 Å². The van der Waals surface area contributed by atoms with Crippen LogP contribution >= 0.6 is 35.0 Å². The second kappa shape index (κ2) is 11.1. The van der Waals surface area contributed by atoms with Crippen molar-refractivity contribution in [3.63, 3.8) is 0 Å². The second-order valence-corrected chi connectivity index (χ2v) is 8.32. The number of carbonyl (C=O) groups is 2. The Balaban J connectivity index is 1.61. The Morgan fingerprint density at radius 1 is 0.906 bits per heavy atom. The van der Waals surface area contributed by atoms with E-state index in [-0.39, 0.29) is 17.6 Å². The summed E-state index contributed by atoms with van der Waals surface area (Å²) in [6.07, 6.45) is 0. The zero-order valence-corrected chi connectivity index (χ0v) is 19.6. The van der Waals surface area contributed by atoms with Gasteiger partial charge in [-0.1, -0.05) is 35.3 Å². The average Bonchev–Trinajstić information content (AvgIpc) is 2.80. The van der Waals surface area contributed by atoms with Gasteiger partial charge >= 0.3 is 0 Å². The summed E-state index contributed by atoms with van der Waals surface area (Å²) in [6, 6.07) is 17.2. The van der Waals surface area contributed by atoms with Crippen molar-refractivity contribution in [1.82, 2.24) is 0 Å². The molecule has 2 amide bonds. The van der Waals surface area contributed by atoms with Crippen molar-refractivity contribution in [1.29, 1.82) is 0 Å². The Labute approximate surface area is 200 Å². The molecule has 3 aromatic carbocycles. The molecular weight excluding hydrogens is 471 g/mol. The Morgan fingerprint density at radius 3 is 2.41 bits per heavy atom. The van der Waals surface area contributed by atoms with Gasteiger partial charge in [0.1, 0.15) is 0 Å². The van der Waals surface area contributed by atoms with Crippen LogP contribution in [-0.4, -0.2) is 31.8 Å². The lowest BCUT2D eigenvalue weighted by Crippen LogP contribution is -2.14. The molecule has 3 aromatic rings. The third-order valence-electron chi connectivity index (χ3n) is 4.33. The Bertz CT molecular complexity index is 1140. The van der Waals surface area contributed by atoms with Crippen molar-refractivity contribution in [2.24, 2.45) is 0 Å². The van der Waals surface area contributed by atoms with Gasteiger partial charge in [0.15, 0.2) is 11.5 Å². The van der Waals surface area contributed by atoms with Crippen LogP contribution in [0.5, 0.6) is 11.5 Å². The largest absolute Gasteiger partial charge is 0.493 e. The van der Waals surface area contributed by atoms with Crippen molar-refractivity contribution >= 4 is 58.2 Å². The molecule has 0 aliphatic heterocycles. The van der Waals surface area contributed by atoms with Crippen LogP contribution in [0.2, 0.25) is 10.0 Å². The molecule has 3 rings (SSSR count). The predicted molar refractivity (Wildman–Crippen MR) is 130 cm³/mol. The standard InChI is InChI=1S/C23H20Cl2N2O4S/c1-30-19-10-9-14(11-20(19)31-2)23(29)26-15-5-3-6-16(12-15)32-13-21(28)27-18-8-4-7-17(24)22(18)25/h3-12H,13H2,1-2H3,(H,26,29)(H,27,28). The van der Waals surface area contributed by atoms with Gasteiger partial charge in [0.05, 0.1) is 35.7 Å². The van der Waals surface area contributed by atoms with Gasteiger partial charge in [0, 0.05) is 16.1 Å².